The molecule has 0 atom stereocenters. The molecule has 3 rings (SSSR count). The summed E-state index contributed by atoms with van der Waals surface area (Å²) in [7, 11) is 0. The largest absolute Gasteiger partial charge is 0.446 e. The lowest BCUT2D eigenvalue weighted by Gasteiger charge is -2.34. The monoisotopic (exact) mass is 451 g/mol. The van der Waals surface area contributed by atoms with Crippen LogP contribution >= 0.6 is 11.8 Å². The number of nitrogens with one attached hydrogen (secondary N) is 1. The summed E-state index contributed by atoms with van der Waals surface area (Å²) in [4.78, 5) is 28.6. The summed E-state index contributed by atoms with van der Waals surface area (Å²) < 4.78 is 38.4. The van der Waals surface area contributed by atoms with E-state index in [2.05, 4.69) is 5.32 Å². The van der Waals surface area contributed by atoms with Crippen LogP contribution in [0.3, 0.4) is 0 Å². The van der Waals surface area contributed by atoms with Crippen LogP contribution in [0.25, 0.3) is 0 Å². The third-order valence-corrected chi connectivity index (χ3v) is 5.92. The Morgan fingerprint density at radius 3 is 2.19 bits per heavy atom. The summed E-state index contributed by atoms with van der Waals surface area (Å²) in [5.74, 6) is -0.559. The molecule has 1 heterocycles. The first kappa shape index (κ1) is 23.1. The molecule has 0 spiro atoms. The van der Waals surface area contributed by atoms with E-state index in [0.717, 1.165) is 16.8 Å². The Hall–Kier alpha value is -2.52. The number of aryl methyl sites for hydroxylation is 2. The quantitative estimate of drug-likeness (QED) is 0.689. The number of benzene rings is 2. The SMILES string of the molecule is Cc1cccc(C)c1NC(=O)CN1CCN(C(=O)c2ccccc2SC(F)(F)F)CC1. The predicted molar refractivity (Wildman–Crippen MR) is 115 cm³/mol. The van der Waals surface area contributed by atoms with Crippen molar-refractivity contribution in [1.82, 2.24) is 9.80 Å². The Morgan fingerprint density at radius 2 is 1.58 bits per heavy atom. The van der Waals surface area contributed by atoms with Crippen LogP contribution in [0.15, 0.2) is 47.4 Å². The topological polar surface area (TPSA) is 52.7 Å². The van der Waals surface area contributed by atoms with E-state index < -0.39 is 11.4 Å². The second-order valence-corrected chi connectivity index (χ2v) is 8.53. The van der Waals surface area contributed by atoms with Crippen LogP contribution < -0.4 is 5.32 Å². The second kappa shape index (κ2) is 9.74. The van der Waals surface area contributed by atoms with Crippen molar-refractivity contribution in [2.75, 3.05) is 38.0 Å². The fourth-order valence-corrected chi connectivity index (χ4v) is 4.19. The maximum Gasteiger partial charge on any atom is 0.446 e. The van der Waals surface area contributed by atoms with Crippen LogP contribution in [0.2, 0.25) is 0 Å². The van der Waals surface area contributed by atoms with Crippen molar-refractivity contribution in [2.24, 2.45) is 0 Å². The van der Waals surface area contributed by atoms with Gasteiger partial charge >= 0.3 is 5.51 Å². The van der Waals surface area contributed by atoms with Crippen LogP contribution in [-0.4, -0.2) is 59.8 Å². The molecule has 1 saturated heterocycles. The number of alkyl halides is 3. The summed E-state index contributed by atoms with van der Waals surface area (Å²) in [5, 5.41) is 2.94. The maximum absolute atomic E-state index is 12.8. The molecular formula is C22H24F3N3O2S. The van der Waals surface area contributed by atoms with Crippen molar-refractivity contribution in [2.45, 2.75) is 24.3 Å². The number of anilines is 1. The molecule has 5 nitrogen and oxygen atoms in total. The molecule has 31 heavy (non-hydrogen) atoms. The lowest BCUT2D eigenvalue weighted by Crippen LogP contribution is -2.50. The number of thioether (sulfide) groups is 1. The highest BCUT2D eigenvalue weighted by Gasteiger charge is 2.32. The highest BCUT2D eigenvalue weighted by atomic mass is 32.2. The fourth-order valence-electron chi connectivity index (χ4n) is 3.53. The maximum atomic E-state index is 12.8. The van der Waals surface area contributed by atoms with Gasteiger partial charge in [0.2, 0.25) is 5.91 Å². The number of halogens is 3. The van der Waals surface area contributed by atoms with Gasteiger partial charge in [-0.15, -0.1) is 0 Å². The zero-order valence-electron chi connectivity index (χ0n) is 17.3. The number of carbonyl (C=O) groups is 2. The second-order valence-electron chi connectivity index (χ2n) is 7.43. The van der Waals surface area contributed by atoms with Gasteiger partial charge in [0.05, 0.1) is 12.1 Å². The summed E-state index contributed by atoms with van der Waals surface area (Å²) in [6, 6.07) is 11.6. The molecule has 0 saturated carbocycles. The first-order valence-corrected chi connectivity index (χ1v) is 10.7. The van der Waals surface area contributed by atoms with E-state index in [-0.39, 0.29) is 34.7 Å². The smallest absolute Gasteiger partial charge is 0.336 e. The molecule has 1 aliphatic heterocycles. The molecule has 2 amide bonds. The number of piperazine rings is 1. The first-order chi connectivity index (χ1) is 14.6. The predicted octanol–water partition coefficient (Wildman–Crippen LogP) is 4.31. The molecule has 2 aromatic rings. The molecule has 0 unspecified atom stereocenters. The van der Waals surface area contributed by atoms with Crippen LogP contribution in [0.4, 0.5) is 18.9 Å². The highest BCUT2D eigenvalue weighted by Crippen LogP contribution is 2.38. The number of hydrogen-bond donors (Lipinski definition) is 1. The summed E-state index contributed by atoms with van der Waals surface area (Å²) in [6.07, 6.45) is 0. The van der Waals surface area contributed by atoms with E-state index >= 15 is 0 Å². The summed E-state index contributed by atoms with van der Waals surface area (Å²) in [6.45, 7) is 5.70. The average molecular weight is 452 g/mol. The molecule has 0 bridgehead atoms. The van der Waals surface area contributed by atoms with Gasteiger partial charge in [-0.05, 0) is 48.9 Å². The third-order valence-electron chi connectivity index (χ3n) is 5.12. The van der Waals surface area contributed by atoms with E-state index in [1.165, 1.54) is 23.1 Å². The van der Waals surface area contributed by atoms with Gasteiger partial charge in [0, 0.05) is 36.8 Å². The van der Waals surface area contributed by atoms with Crippen molar-refractivity contribution < 1.29 is 22.8 Å². The van der Waals surface area contributed by atoms with E-state index in [9.17, 15) is 22.8 Å². The standard InChI is InChI=1S/C22H24F3N3O2S/c1-15-6-5-7-16(2)20(15)26-19(29)14-27-10-12-28(13-11-27)21(30)17-8-3-4-9-18(17)31-22(23,24)25/h3-9H,10-14H2,1-2H3,(H,26,29). The fraction of sp³-hybridized carbons (Fsp3) is 0.364. The van der Waals surface area contributed by atoms with Gasteiger partial charge in [-0.2, -0.15) is 13.2 Å². The van der Waals surface area contributed by atoms with Crippen molar-refractivity contribution in [3.05, 3.63) is 59.2 Å². The van der Waals surface area contributed by atoms with Crippen molar-refractivity contribution >= 4 is 29.3 Å². The van der Waals surface area contributed by atoms with Crippen molar-refractivity contribution in [1.29, 1.82) is 0 Å². The molecule has 1 fully saturated rings. The van der Waals surface area contributed by atoms with Gasteiger partial charge in [-0.1, -0.05) is 30.3 Å². The molecule has 0 radical (unpaired) electrons. The lowest BCUT2D eigenvalue weighted by atomic mass is 10.1. The van der Waals surface area contributed by atoms with E-state index in [4.69, 9.17) is 0 Å². The number of amides is 2. The Bertz CT molecular complexity index is 937. The first-order valence-electron chi connectivity index (χ1n) is 9.86. The Morgan fingerprint density at radius 1 is 0.968 bits per heavy atom. The minimum Gasteiger partial charge on any atom is -0.336 e. The molecule has 0 aliphatic carbocycles. The van der Waals surface area contributed by atoms with Gasteiger partial charge in [0.1, 0.15) is 0 Å². The molecular weight excluding hydrogens is 427 g/mol. The number of carbonyl (C=O) groups excluding carboxylic acids is 2. The molecule has 1 N–H and O–H groups in total. The average Bonchev–Trinajstić information content (AvgIpc) is 2.70. The van der Waals surface area contributed by atoms with Crippen LogP contribution in [0.1, 0.15) is 21.5 Å². The molecule has 9 heteroatoms. The molecule has 0 aromatic heterocycles. The highest BCUT2D eigenvalue weighted by molar-refractivity contribution is 8.00. The van der Waals surface area contributed by atoms with Gasteiger partial charge in [-0.25, -0.2) is 0 Å². The van der Waals surface area contributed by atoms with Crippen LogP contribution in [-0.2, 0) is 4.79 Å². The van der Waals surface area contributed by atoms with E-state index in [1.54, 1.807) is 6.07 Å². The number of para-hydroxylation sites is 1. The molecule has 2 aromatic carbocycles. The third kappa shape index (κ3) is 6.24. The Kier molecular flexibility index (Phi) is 7.27. The zero-order chi connectivity index (χ0) is 22.6. The summed E-state index contributed by atoms with van der Waals surface area (Å²) >= 11 is -0.279. The lowest BCUT2D eigenvalue weighted by molar-refractivity contribution is -0.117. The van der Waals surface area contributed by atoms with Crippen LogP contribution in [0, 0.1) is 13.8 Å². The molecule has 1 aliphatic rings. The number of nitrogens with zero attached hydrogens (tertiary/aromatic N) is 2. The van der Waals surface area contributed by atoms with Crippen LogP contribution in [0.5, 0.6) is 0 Å². The minimum atomic E-state index is -4.46. The Labute approximate surface area is 183 Å². The van der Waals surface area contributed by atoms with E-state index in [0.29, 0.717) is 26.2 Å². The minimum absolute atomic E-state index is 0.0473. The van der Waals surface area contributed by atoms with Gasteiger partial charge in [0.25, 0.3) is 5.91 Å². The zero-order valence-corrected chi connectivity index (χ0v) is 18.1. The van der Waals surface area contributed by atoms with Gasteiger partial charge < -0.3 is 10.2 Å². The molecule has 166 valence electrons. The normalized spacial score (nSPS) is 15.1. The van der Waals surface area contributed by atoms with Gasteiger partial charge in [-0.3, -0.25) is 14.5 Å². The number of hydrogen-bond acceptors (Lipinski definition) is 4. The van der Waals surface area contributed by atoms with E-state index in [1.807, 2.05) is 36.9 Å². The van der Waals surface area contributed by atoms with Gasteiger partial charge in [0.15, 0.2) is 0 Å². The number of rotatable bonds is 5. The Balaban J connectivity index is 1.56. The van der Waals surface area contributed by atoms with Crippen molar-refractivity contribution in [3.63, 3.8) is 0 Å². The van der Waals surface area contributed by atoms with Crippen molar-refractivity contribution in [3.8, 4) is 0 Å². The summed E-state index contributed by atoms with van der Waals surface area (Å²) in [5.41, 5.74) is -1.64.